The van der Waals surface area contributed by atoms with Gasteiger partial charge in [-0.15, -0.1) is 11.3 Å². The van der Waals surface area contributed by atoms with E-state index in [9.17, 15) is 5.11 Å². The Bertz CT molecular complexity index is 1030. The number of fused-ring (bicyclic) bond motifs is 1. The summed E-state index contributed by atoms with van der Waals surface area (Å²) in [7, 11) is 0. The SMILES string of the molecule is CC(Nc1ncnc2sc(-c3ccccc3CO)cc12)c1ccccc1. The van der Waals surface area contributed by atoms with Crippen LogP contribution in [0.25, 0.3) is 20.7 Å². The molecule has 2 aromatic carbocycles. The molecule has 0 saturated heterocycles. The Labute approximate surface area is 156 Å². The highest BCUT2D eigenvalue weighted by molar-refractivity contribution is 7.21. The Kier molecular flexibility index (Phi) is 4.65. The number of hydrogen-bond acceptors (Lipinski definition) is 5. The van der Waals surface area contributed by atoms with Crippen molar-refractivity contribution in [1.29, 1.82) is 0 Å². The van der Waals surface area contributed by atoms with Gasteiger partial charge in [-0.3, -0.25) is 0 Å². The molecule has 0 aliphatic carbocycles. The van der Waals surface area contributed by atoms with Gasteiger partial charge in [0, 0.05) is 10.9 Å². The lowest BCUT2D eigenvalue weighted by molar-refractivity contribution is 0.282. The molecule has 130 valence electrons. The number of nitrogens with zero attached hydrogens (tertiary/aromatic N) is 2. The summed E-state index contributed by atoms with van der Waals surface area (Å²) >= 11 is 1.61. The average molecular weight is 361 g/mol. The minimum absolute atomic E-state index is 0.0201. The minimum Gasteiger partial charge on any atom is -0.392 e. The molecule has 4 aromatic rings. The molecule has 2 heterocycles. The normalized spacial score (nSPS) is 12.2. The predicted octanol–water partition coefficient (Wildman–Crippen LogP) is 5.02. The summed E-state index contributed by atoms with van der Waals surface area (Å²) in [6.07, 6.45) is 1.60. The molecule has 4 nitrogen and oxygen atoms in total. The van der Waals surface area contributed by atoms with Gasteiger partial charge in [-0.2, -0.15) is 0 Å². The molecule has 0 spiro atoms. The van der Waals surface area contributed by atoms with E-state index in [0.29, 0.717) is 0 Å². The van der Waals surface area contributed by atoms with Crippen molar-refractivity contribution in [3.8, 4) is 10.4 Å². The molecular weight excluding hydrogens is 342 g/mol. The first kappa shape index (κ1) is 16.7. The van der Waals surface area contributed by atoms with Gasteiger partial charge in [0.25, 0.3) is 0 Å². The van der Waals surface area contributed by atoms with Gasteiger partial charge < -0.3 is 10.4 Å². The molecule has 2 aromatic heterocycles. The van der Waals surface area contributed by atoms with E-state index in [1.165, 1.54) is 5.56 Å². The third-order valence-electron chi connectivity index (χ3n) is 4.44. The number of aliphatic hydroxyl groups excluding tert-OH is 1. The molecule has 0 fully saturated rings. The van der Waals surface area contributed by atoms with Crippen molar-refractivity contribution >= 4 is 27.4 Å². The van der Waals surface area contributed by atoms with Crippen LogP contribution in [-0.4, -0.2) is 15.1 Å². The number of thiophene rings is 1. The van der Waals surface area contributed by atoms with E-state index >= 15 is 0 Å². The molecule has 0 amide bonds. The van der Waals surface area contributed by atoms with Crippen molar-refractivity contribution in [2.45, 2.75) is 19.6 Å². The maximum atomic E-state index is 9.62. The molecule has 0 bridgehead atoms. The van der Waals surface area contributed by atoms with E-state index in [2.05, 4.69) is 40.4 Å². The van der Waals surface area contributed by atoms with Gasteiger partial charge in [0.15, 0.2) is 0 Å². The maximum Gasteiger partial charge on any atom is 0.138 e. The lowest BCUT2D eigenvalue weighted by Crippen LogP contribution is -2.08. The van der Waals surface area contributed by atoms with Crippen molar-refractivity contribution in [2.24, 2.45) is 0 Å². The summed E-state index contributed by atoms with van der Waals surface area (Å²) in [6, 6.07) is 20.5. The molecular formula is C21H19N3OS. The molecule has 1 atom stereocenters. The van der Waals surface area contributed by atoms with E-state index in [0.717, 1.165) is 32.0 Å². The summed E-state index contributed by atoms with van der Waals surface area (Å²) in [5, 5.41) is 14.1. The van der Waals surface area contributed by atoms with E-state index in [1.54, 1.807) is 17.7 Å². The summed E-state index contributed by atoms with van der Waals surface area (Å²) < 4.78 is 0. The molecule has 26 heavy (non-hydrogen) atoms. The Morgan fingerprint density at radius 2 is 1.81 bits per heavy atom. The summed E-state index contributed by atoms with van der Waals surface area (Å²) in [5.41, 5.74) is 3.17. The van der Waals surface area contributed by atoms with Crippen LogP contribution in [0.5, 0.6) is 0 Å². The number of aromatic nitrogens is 2. The van der Waals surface area contributed by atoms with Gasteiger partial charge in [-0.25, -0.2) is 9.97 Å². The minimum atomic E-state index is 0.0201. The predicted molar refractivity (Wildman–Crippen MR) is 107 cm³/mol. The smallest absolute Gasteiger partial charge is 0.138 e. The van der Waals surface area contributed by atoms with Crippen molar-refractivity contribution in [1.82, 2.24) is 9.97 Å². The van der Waals surface area contributed by atoms with Crippen LogP contribution in [0.2, 0.25) is 0 Å². The zero-order valence-corrected chi connectivity index (χ0v) is 15.2. The highest BCUT2D eigenvalue weighted by atomic mass is 32.1. The lowest BCUT2D eigenvalue weighted by atomic mass is 10.1. The summed E-state index contributed by atoms with van der Waals surface area (Å²) in [6.45, 7) is 2.14. The third-order valence-corrected chi connectivity index (χ3v) is 5.51. The van der Waals surface area contributed by atoms with Crippen LogP contribution in [0.15, 0.2) is 67.0 Å². The van der Waals surface area contributed by atoms with Gasteiger partial charge >= 0.3 is 0 Å². The first-order valence-electron chi connectivity index (χ1n) is 8.51. The fourth-order valence-corrected chi connectivity index (χ4v) is 4.09. The van der Waals surface area contributed by atoms with Crippen LogP contribution in [0.4, 0.5) is 5.82 Å². The zero-order chi connectivity index (χ0) is 17.9. The van der Waals surface area contributed by atoms with Crippen LogP contribution in [0.1, 0.15) is 24.1 Å². The van der Waals surface area contributed by atoms with Crippen molar-refractivity contribution in [3.63, 3.8) is 0 Å². The number of benzene rings is 2. The summed E-state index contributed by atoms with van der Waals surface area (Å²) in [5.74, 6) is 0.829. The Balaban J connectivity index is 1.72. The fourth-order valence-electron chi connectivity index (χ4n) is 3.03. The van der Waals surface area contributed by atoms with Gasteiger partial charge in [0.05, 0.1) is 12.0 Å². The van der Waals surface area contributed by atoms with Crippen molar-refractivity contribution in [3.05, 3.63) is 78.1 Å². The Morgan fingerprint density at radius 3 is 2.62 bits per heavy atom. The third kappa shape index (κ3) is 3.19. The van der Waals surface area contributed by atoms with E-state index in [1.807, 2.05) is 42.5 Å². The molecule has 0 saturated carbocycles. The second-order valence-electron chi connectivity index (χ2n) is 6.14. The average Bonchev–Trinajstić information content (AvgIpc) is 3.14. The van der Waals surface area contributed by atoms with Crippen LogP contribution in [0.3, 0.4) is 0 Å². The molecule has 0 aliphatic rings. The number of anilines is 1. The first-order chi connectivity index (χ1) is 12.8. The van der Waals surface area contributed by atoms with Crippen LogP contribution < -0.4 is 5.32 Å². The van der Waals surface area contributed by atoms with Gasteiger partial charge in [-0.1, -0.05) is 54.6 Å². The van der Waals surface area contributed by atoms with Gasteiger partial charge in [0.2, 0.25) is 0 Å². The standard InChI is InChI=1S/C21H19N3OS/c1-14(15-7-3-2-4-8-15)24-20-18-11-19(26-21(18)23-13-22-20)17-10-6-5-9-16(17)12-25/h2-11,13-14,25H,12H2,1H3,(H,22,23,24). The molecule has 4 rings (SSSR count). The maximum absolute atomic E-state index is 9.62. The van der Waals surface area contributed by atoms with Crippen LogP contribution in [0, 0.1) is 0 Å². The first-order valence-corrected chi connectivity index (χ1v) is 9.33. The summed E-state index contributed by atoms with van der Waals surface area (Å²) in [4.78, 5) is 10.9. The molecule has 0 aliphatic heterocycles. The molecule has 5 heteroatoms. The molecule has 2 N–H and O–H groups in total. The van der Waals surface area contributed by atoms with Crippen LogP contribution in [-0.2, 0) is 6.61 Å². The lowest BCUT2D eigenvalue weighted by Gasteiger charge is -2.15. The number of hydrogen-bond donors (Lipinski definition) is 2. The zero-order valence-electron chi connectivity index (χ0n) is 14.4. The van der Waals surface area contributed by atoms with Crippen molar-refractivity contribution in [2.75, 3.05) is 5.32 Å². The highest BCUT2D eigenvalue weighted by Gasteiger charge is 2.14. The Hall–Kier alpha value is -2.76. The second-order valence-corrected chi connectivity index (χ2v) is 7.17. The van der Waals surface area contributed by atoms with E-state index in [-0.39, 0.29) is 12.6 Å². The quantitative estimate of drug-likeness (QED) is 0.524. The number of aliphatic hydroxyl groups is 1. The fraction of sp³-hybridized carbons (Fsp3) is 0.143. The highest BCUT2D eigenvalue weighted by Crippen LogP contribution is 2.37. The second kappa shape index (κ2) is 7.23. The van der Waals surface area contributed by atoms with E-state index < -0.39 is 0 Å². The number of nitrogens with one attached hydrogen (secondary N) is 1. The van der Waals surface area contributed by atoms with Crippen molar-refractivity contribution < 1.29 is 5.11 Å². The monoisotopic (exact) mass is 361 g/mol. The molecule has 0 radical (unpaired) electrons. The Morgan fingerprint density at radius 1 is 1.04 bits per heavy atom. The van der Waals surface area contributed by atoms with Crippen LogP contribution >= 0.6 is 11.3 Å². The number of rotatable bonds is 5. The molecule has 1 unspecified atom stereocenters. The largest absolute Gasteiger partial charge is 0.392 e. The topological polar surface area (TPSA) is 58.0 Å². The van der Waals surface area contributed by atoms with Gasteiger partial charge in [0.1, 0.15) is 17.0 Å². The van der Waals surface area contributed by atoms with E-state index in [4.69, 9.17) is 0 Å². The van der Waals surface area contributed by atoms with Gasteiger partial charge in [-0.05, 0) is 29.7 Å².